The molecule has 0 radical (unpaired) electrons. The highest BCUT2D eigenvalue weighted by Gasteiger charge is 2.22. The molecule has 1 heterocycles. The van der Waals surface area contributed by atoms with Gasteiger partial charge in [0.1, 0.15) is 6.17 Å². The van der Waals surface area contributed by atoms with Gasteiger partial charge < -0.3 is 10.2 Å². The number of rotatable bonds is 3. The van der Waals surface area contributed by atoms with Gasteiger partial charge in [0.25, 0.3) is 0 Å². The van der Waals surface area contributed by atoms with E-state index in [1.54, 1.807) is 0 Å². The average Bonchev–Trinajstić information content (AvgIpc) is 2.31. The topological polar surface area (TPSA) is 15.3 Å². The van der Waals surface area contributed by atoms with Crippen LogP contribution in [0, 0.1) is 0 Å². The van der Waals surface area contributed by atoms with Crippen molar-refractivity contribution in [3.63, 3.8) is 0 Å². The van der Waals surface area contributed by atoms with Crippen molar-refractivity contribution in [2.24, 2.45) is 0 Å². The third-order valence-corrected chi connectivity index (χ3v) is 2.09. The second kappa shape index (κ2) is 4.02. The van der Waals surface area contributed by atoms with Gasteiger partial charge in [0, 0.05) is 12.6 Å². The summed E-state index contributed by atoms with van der Waals surface area (Å²) in [4.78, 5) is 2.13. The molecule has 1 aliphatic rings. The highest BCUT2D eigenvalue weighted by Crippen LogP contribution is 2.12. The summed E-state index contributed by atoms with van der Waals surface area (Å²) in [6.45, 7) is 1.60. The summed E-state index contributed by atoms with van der Waals surface area (Å²) in [5.41, 5.74) is 0. The molecule has 1 fully saturated rings. The lowest BCUT2D eigenvalue weighted by Crippen LogP contribution is -2.26. The van der Waals surface area contributed by atoms with Crippen LogP contribution < -0.4 is 5.32 Å². The Morgan fingerprint density at radius 3 is 2.73 bits per heavy atom. The first-order valence-corrected chi connectivity index (χ1v) is 4.20. The van der Waals surface area contributed by atoms with Crippen LogP contribution in [0.25, 0.3) is 0 Å². The molecule has 1 rings (SSSR count). The first-order valence-electron chi connectivity index (χ1n) is 4.20. The van der Waals surface area contributed by atoms with E-state index in [1.807, 2.05) is 14.1 Å². The fraction of sp³-hybridized carbons (Fsp3) is 1.00. The zero-order valence-corrected chi connectivity index (χ0v) is 7.31. The van der Waals surface area contributed by atoms with E-state index in [-0.39, 0.29) is 0 Å². The maximum atomic E-state index is 12.6. The summed E-state index contributed by atoms with van der Waals surface area (Å²) in [5, 5.41) is 3.16. The molecule has 0 bridgehead atoms. The van der Waals surface area contributed by atoms with Crippen molar-refractivity contribution in [1.29, 1.82) is 0 Å². The molecule has 2 nitrogen and oxygen atoms in total. The minimum Gasteiger partial charge on any atom is -0.311 e. The summed E-state index contributed by atoms with van der Waals surface area (Å²) in [6.07, 6.45) is 1.16. The van der Waals surface area contributed by atoms with E-state index in [2.05, 4.69) is 10.2 Å². The van der Waals surface area contributed by atoms with Gasteiger partial charge in [-0.3, -0.25) is 0 Å². The molecule has 3 heteroatoms. The van der Waals surface area contributed by atoms with Gasteiger partial charge in [-0.25, -0.2) is 4.39 Å². The summed E-state index contributed by atoms with van der Waals surface area (Å²) in [6, 6.07) is 0.410. The minimum atomic E-state index is -0.609. The maximum absolute atomic E-state index is 12.6. The van der Waals surface area contributed by atoms with Crippen LogP contribution >= 0.6 is 0 Å². The normalized spacial score (nSPS) is 31.6. The lowest BCUT2D eigenvalue weighted by atomic mass is 10.1. The molecule has 0 spiro atoms. The fourth-order valence-electron chi connectivity index (χ4n) is 1.40. The van der Waals surface area contributed by atoms with E-state index in [0.717, 1.165) is 13.0 Å². The van der Waals surface area contributed by atoms with Crippen molar-refractivity contribution < 1.29 is 4.39 Å². The molecule has 0 aromatic rings. The predicted molar refractivity (Wildman–Crippen MR) is 44.5 cm³/mol. The van der Waals surface area contributed by atoms with E-state index in [4.69, 9.17) is 0 Å². The van der Waals surface area contributed by atoms with E-state index >= 15 is 0 Å². The van der Waals surface area contributed by atoms with Crippen LogP contribution in [0.4, 0.5) is 4.39 Å². The van der Waals surface area contributed by atoms with Crippen LogP contribution in [0.5, 0.6) is 0 Å². The molecule has 2 atom stereocenters. The predicted octanol–water partition coefficient (Wildman–Crippen LogP) is 0.638. The Hall–Kier alpha value is -0.150. The molecule has 0 saturated carbocycles. The summed E-state index contributed by atoms with van der Waals surface area (Å²) < 4.78 is 12.6. The van der Waals surface area contributed by atoms with E-state index in [0.29, 0.717) is 19.0 Å². The van der Waals surface area contributed by atoms with Crippen LogP contribution in [-0.2, 0) is 0 Å². The molecule has 0 aliphatic carbocycles. The van der Waals surface area contributed by atoms with Crippen LogP contribution in [0.15, 0.2) is 0 Å². The number of nitrogens with zero attached hydrogens (tertiary/aromatic N) is 1. The molecule has 2 unspecified atom stereocenters. The molecule has 1 aliphatic heterocycles. The number of nitrogens with one attached hydrogen (secondary N) is 1. The number of halogens is 1. The third-order valence-electron chi connectivity index (χ3n) is 2.09. The van der Waals surface area contributed by atoms with Crippen molar-refractivity contribution in [2.45, 2.75) is 25.1 Å². The largest absolute Gasteiger partial charge is 0.311 e. The molecule has 1 saturated heterocycles. The Kier molecular flexibility index (Phi) is 3.27. The van der Waals surface area contributed by atoms with Crippen LogP contribution in [-0.4, -0.2) is 44.3 Å². The molecular formula is C8H17FN2. The standard InChI is InChI=1S/C8H17FN2/c1-11(2)4-3-8-5-7(9)6-10-8/h7-8,10H,3-6H2,1-2H3. The maximum Gasteiger partial charge on any atom is 0.114 e. The van der Waals surface area contributed by atoms with Gasteiger partial charge in [0.05, 0.1) is 0 Å². The smallest absolute Gasteiger partial charge is 0.114 e. The second-order valence-electron chi connectivity index (χ2n) is 3.53. The number of hydrogen-bond acceptors (Lipinski definition) is 2. The minimum absolute atomic E-state index is 0.410. The lowest BCUT2D eigenvalue weighted by Gasteiger charge is -2.13. The van der Waals surface area contributed by atoms with Gasteiger partial charge in [0.2, 0.25) is 0 Å². The molecule has 1 N–H and O–H groups in total. The zero-order chi connectivity index (χ0) is 8.27. The average molecular weight is 160 g/mol. The zero-order valence-electron chi connectivity index (χ0n) is 7.31. The number of alkyl halides is 1. The Balaban J connectivity index is 2.08. The quantitative estimate of drug-likeness (QED) is 0.651. The highest BCUT2D eigenvalue weighted by molar-refractivity contribution is 4.81. The monoisotopic (exact) mass is 160 g/mol. The molecule has 0 aromatic heterocycles. The highest BCUT2D eigenvalue weighted by atomic mass is 19.1. The second-order valence-corrected chi connectivity index (χ2v) is 3.53. The molecular weight excluding hydrogens is 143 g/mol. The van der Waals surface area contributed by atoms with Crippen molar-refractivity contribution in [3.8, 4) is 0 Å². The van der Waals surface area contributed by atoms with E-state index in [9.17, 15) is 4.39 Å². The third kappa shape index (κ3) is 3.16. The Morgan fingerprint density at radius 2 is 2.27 bits per heavy atom. The summed E-state index contributed by atoms with van der Waals surface area (Å²) in [7, 11) is 4.09. The molecule has 0 amide bonds. The Labute approximate surface area is 67.8 Å². The first-order chi connectivity index (χ1) is 5.18. The van der Waals surface area contributed by atoms with Crippen molar-refractivity contribution in [3.05, 3.63) is 0 Å². The van der Waals surface area contributed by atoms with Gasteiger partial charge in [-0.15, -0.1) is 0 Å². The van der Waals surface area contributed by atoms with Gasteiger partial charge in [-0.2, -0.15) is 0 Å². The van der Waals surface area contributed by atoms with Crippen LogP contribution in [0.3, 0.4) is 0 Å². The molecule has 0 aromatic carbocycles. The van der Waals surface area contributed by atoms with Crippen LogP contribution in [0.1, 0.15) is 12.8 Å². The van der Waals surface area contributed by atoms with E-state index in [1.165, 1.54) is 0 Å². The first kappa shape index (κ1) is 8.94. The SMILES string of the molecule is CN(C)CCC1CC(F)CN1. The van der Waals surface area contributed by atoms with Crippen LogP contribution in [0.2, 0.25) is 0 Å². The summed E-state index contributed by atoms with van der Waals surface area (Å²) in [5.74, 6) is 0. The Bertz CT molecular complexity index is 117. The van der Waals surface area contributed by atoms with Gasteiger partial charge in [0.15, 0.2) is 0 Å². The van der Waals surface area contributed by atoms with Crippen molar-refractivity contribution in [2.75, 3.05) is 27.2 Å². The van der Waals surface area contributed by atoms with E-state index < -0.39 is 6.17 Å². The Morgan fingerprint density at radius 1 is 1.55 bits per heavy atom. The lowest BCUT2D eigenvalue weighted by molar-refractivity contribution is 0.340. The van der Waals surface area contributed by atoms with Gasteiger partial charge >= 0.3 is 0 Å². The van der Waals surface area contributed by atoms with Gasteiger partial charge in [-0.1, -0.05) is 0 Å². The van der Waals surface area contributed by atoms with Crippen molar-refractivity contribution in [1.82, 2.24) is 10.2 Å². The molecule has 66 valence electrons. The molecule has 11 heavy (non-hydrogen) atoms. The van der Waals surface area contributed by atoms with Gasteiger partial charge in [-0.05, 0) is 33.5 Å². The van der Waals surface area contributed by atoms with Crippen molar-refractivity contribution >= 4 is 0 Å². The summed E-state index contributed by atoms with van der Waals surface area (Å²) >= 11 is 0. The fourth-order valence-corrected chi connectivity index (χ4v) is 1.40. The number of hydrogen-bond donors (Lipinski definition) is 1.